The van der Waals surface area contributed by atoms with Gasteiger partial charge in [0.05, 0.1) is 31.3 Å². The SMILES string of the molecule is COC(=O)[C@H]1CC[C@@]2(C=C(c3cc(-c4nnc(C)o4)ccc3OC(C)C)CO2)[C@@H]1c1ccc(F)cc1. The molecule has 1 aromatic heterocycles. The topological polar surface area (TPSA) is 83.7 Å². The number of nitrogens with zero attached hydrogens (tertiary/aromatic N) is 2. The Morgan fingerprint density at radius 3 is 2.61 bits per heavy atom. The highest BCUT2D eigenvalue weighted by Gasteiger charge is 2.54. The van der Waals surface area contributed by atoms with Crippen LogP contribution in [-0.4, -0.2) is 41.6 Å². The van der Waals surface area contributed by atoms with Crippen LogP contribution in [0.3, 0.4) is 0 Å². The molecule has 8 heteroatoms. The van der Waals surface area contributed by atoms with Crippen molar-refractivity contribution in [2.75, 3.05) is 13.7 Å². The number of esters is 1. The van der Waals surface area contributed by atoms with E-state index < -0.39 is 11.5 Å². The number of methoxy groups -OCH3 is 1. The molecular weight excluding hydrogens is 463 g/mol. The van der Waals surface area contributed by atoms with Gasteiger partial charge in [-0.05, 0) is 74.2 Å². The number of hydrogen-bond donors (Lipinski definition) is 0. The average Bonchev–Trinajstić information content (AvgIpc) is 3.58. The summed E-state index contributed by atoms with van der Waals surface area (Å²) in [6, 6.07) is 12.1. The number of carbonyl (C=O) groups excluding carboxylic acids is 1. The maximum atomic E-state index is 13.7. The first kappa shape index (κ1) is 24.2. The maximum absolute atomic E-state index is 13.7. The fourth-order valence-electron chi connectivity index (χ4n) is 5.39. The molecule has 0 saturated heterocycles. The van der Waals surface area contributed by atoms with E-state index in [2.05, 4.69) is 16.3 Å². The van der Waals surface area contributed by atoms with Crippen molar-refractivity contribution in [2.24, 2.45) is 5.92 Å². The van der Waals surface area contributed by atoms with Gasteiger partial charge in [0.25, 0.3) is 0 Å². The summed E-state index contributed by atoms with van der Waals surface area (Å²) in [4.78, 5) is 12.7. The van der Waals surface area contributed by atoms with E-state index in [-0.39, 0.29) is 23.8 Å². The van der Waals surface area contributed by atoms with Crippen LogP contribution in [-0.2, 0) is 14.3 Å². The van der Waals surface area contributed by atoms with Crippen molar-refractivity contribution in [3.8, 4) is 17.2 Å². The van der Waals surface area contributed by atoms with Crippen LogP contribution >= 0.6 is 0 Å². The first-order chi connectivity index (χ1) is 17.3. The fraction of sp³-hybridized carbons (Fsp3) is 0.393. The van der Waals surface area contributed by atoms with Crippen LogP contribution < -0.4 is 4.74 Å². The lowest BCUT2D eigenvalue weighted by molar-refractivity contribution is -0.146. The Morgan fingerprint density at radius 1 is 1.17 bits per heavy atom. The summed E-state index contributed by atoms with van der Waals surface area (Å²) in [6.07, 6.45) is 3.32. The second-order valence-electron chi connectivity index (χ2n) is 9.61. The summed E-state index contributed by atoms with van der Waals surface area (Å²) in [5.74, 6) is 0.317. The third-order valence-corrected chi connectivity index (χ3v) is 6.88. The van der Waals surface area contributed by atoms with Crippen LogP contribution in [0.5, 0.6) is 5.75 Å². The minimum Gasteiger partial charge on any atom is -0.490 e. The molecule has 1 spiro atoms. The third-order valence-electron chi connectivity index (χ3n) is 6.88. The largest absolute Gasteiger partial charge is 0.490 e. The molecule has 5 rings (SSSR count). The van der Waals surface area contributed by atoms with Crippen LogP contribution in [0.4, 0.5) is 4.39 Å². The van der Waals surface area contributed by atoms with E-state index in [4.69, 9.17) is 18.6 Å². The van der Waals surface area contributed by atoms with Gasteiger partial charge >= 0.3 is 5.97 Å². The first-order valence-electron chi connectivity index (χ1n) is 12.1. The molecule has 2 aromatic carbocycles. The number of benzene rings is 2. The van der Waals surface area contributed by atoms with E-state index in [0.29, 0.717) is 31.2 Å². The van der Waals surface area contributed by atoms with Gasteiger partial charge in [-0.15, -0.1) is 10.2 Å². The minimum atomic E-state index is -0.724. The lowest BCUT2D eigenvalue weighted by atomic mass is 9.79. The number of carbonyl (C=O) groups is 1. The zero-order chi connectivity index (χ0) is 25.4. The molecule has 0 unspecified atom stereocenters. The minimum absolute atomic E-state index is 0.0284. The number of hydrogen-bond acceptors (Lipinski definition) is 7. The summed E-state index contributed by atoms with van der Waals surface area (Å²) in [5.41, 5.74) is 2.71. The molecule has 0 radical (unpaired) electrons. The fourth-order valence-corrected chi connectivity index (χ4v) is 5.39. The Balaban J connectivity index is 1.59. The predicted molar refractivity (Wildman–Crippen MR) is 131 cm³/mol. The summed E-state index contributed by atoms with van der Waals surface area (Å²) in [6.45, 7) is 6.04. The van der Waals surface area contributed by atoms with Gasteiger partial charge in [0.2, 0.25) is 11.8 Å². The van der Waals surface area contributed by atoms with E-state index in [1.165, 1.54) is 19.2 Å². The highest BCUT2D eigenvalue weighted by molar-refractivity contribution is 5.79. The maximum Gasteiger partial charge on any atom is 0.309 e. The molecule has 188 valence electrons. The van der Waals surface area contributed by atoms with Gasteiger partial charge in [-0.25, -0.2) is 4.39 Å². The summed E-state index contributed by atoms with van der Waals surface area (Å²) < 4.78 is 37.1. The monoisotopic (exact) mass is 492 g/mol. The molecular formula is C28H29FN2O5. The van der Waals surface area contributed by atoms with Gasteiger partial charge in [-0.2, -0.15) is 0 Å². The van der Waals surface area contributed by atoms with Crippen molar-refractivity contribution in [3.05, 3.63) is 71.4 Å². The standard InChI is InChI=1S/C28H29FN2O5/c1-16(2)35-24-10-7-19(26-31-30-17(3)36-26)13-23(24)20-14-28(34-15-20)12-11-22(27(32)33-4)25(28)18-5-8-21(29)9-6-18/h5-10,13-14,16,22,25H,11-12,15H2,1-4H3/t22-,25+,28+/m0/s1. The molecule has 1 fully saturated rings. The Kier molecular flexibility index (Phi) is 6.38. The Morgan fingerprint density at radius 2 is 1.94 bits per heavy atom. The van der Waals surface area contributed by atoms with Crippen molar-refractivity contribution in [2.45, 2.75) is 51.2 Å². The van der Waals surface area contributed by atoms with Crippen LogP contribution in [0.2, 0.25) is 0 Å². The van der Waals surface area contributed by atoms with E-state index in [1.807, 2.05) is 32.0 Å². The van der Waals surface area contributed by atoms with E-state index in [9.17, 15) is 9.18 Å². The number of aryl methyl sites for hydroxylation is 1. The van der Waals surface area contributed by atoms with E-state index in [0.717, 1.165) is 28.0 Å². The lowest BCUT2D eigenvalue weighted by Gasteiger charge is -2.31. The molecule has 3 aromatic rings. The van der Waals surface area contributed by atoms with E-state index >= 15 is 0 Å². The summed E-state index contributed by atoms with van der Waals surface area (Å²) in [7, 11) is 1.39. The number of halogens is 1. The first-order valence-corrected chi connectivity index (χ1v) is 12.1. The molecule has 1 aliphatic carbocycles. The molecule has 7 nitrogen and oxygen atoms in total. The number of rotatable bonds is 6. The molecule has 0 bridgehead atoms. The molecule has 1 aliphatic heterocycles. The quantitative estimate of drug-likeness (QED) is 0.421. The molecule has 36 heavy (non-hydrogen) atoms. The highest BCUT2D eigenvalue weighted by atomic mass is 19.1. The van der Waals surface area contributed by atoms with Crippen molar-refractivity contribution in [1.29, 1.82) is 0 Å². The smallest absolute Gasteiger partial charge is 0.309 e. The zero-order valence-corrected chi connectivity index (χ0v) is 20.8. The average molecular weight is 493 g/mol. The van der Waals surface area contributed by atoms with Crippen LogP contribution in [0.1, 0.15) is 49.6 Å². The second kappa shape index (κ2) is 9.50. The van der Waals surface area contributed by atoms with Gasteiger partial charge in [-0.1, -0.05) is 12.1 Å². The van der Waals surface area contributed by atoms with Gasteiger partial charge in [0.1, 0.15) is 11.6 Å². The molecule has 0 N–H and O–H groups in total. The second-order valence-corrected chi connectivity index (χ2v) is 9.61. The Labute approximate surface area is 209 Å². The lowest BCUT2D eigenvalue weighted by Crippen LogP contribution is -2.34. The van der Waals surface area contributed by atoms with Gasteiger partial charge in [-0.3, -0.25) is 4.79 Å². The molecule has 0 amide bonds. The molecule has 1 saturated carbocycles. The Hall–Kier alpha value is -3.52. The normalized spacial score (nSPS) is 23.3. The van der Waals surface area contributed by atoms with Crippen LogP contribution in [0.15, 0.2) is 53.0 Å². The number of aromatic nitrogens is 2. The van der Waals surface area contributed by atoms with Crippen LogP contribution in [0.25, 0.3) is 17.0 Å². The summed E-state index contributed by atoms with van der Waals surface area (Å²) >= 11 is 0. The highest BCUT2D eigenvalue weighted by Crippen LogP contribution is 2.54. The van der Waals surface area contributed by atoms with Gasteiger partial charge < -0.3 is 18.6 Å². The Bertz CT molecular complexity index is 1300. The molecule has 2 aliphatic rings. The van der Waals surface area contributed by atoms with Crippen LogP contribution in [0, 0.1) is 18.7 Å². The van der Waals surface area contributed by atoms with Crippen molar-refractivity contribution < 1.29 is 27.8 Å². The van der Waals surface area contributed by atoms with Crippen molar-refractivity contribution in [3.63, 3.8) is 0 Å². The third kappa shape index (κ3) is 4.41. The summed E-state index contributed by atoms with van der Waals surface area (Å²) in [5, 5.41) is 8.10. The van der Waals surface area contributed by atoms with Gasteiger partial charge in [0.15, 0.2) is 0 Å². The van der Waals surface area contributed by atoms with Crippen molar-refractivity contribution in [1.82, 2.24) is 10.2 Å². The zero-order valence-electron chi connectivity index (χ0n) is 20.8. The number of ether oxygens (including phenoxy) is 3. The van der Waals surface area contributed by atoms with E-state index in [1.54, 1.807) is 19.1 Å². The predicted octanol–water partition coefficient (Wildman–Crippen LogP) is 5.49. The molecule has 3 atom stereocenters. The van der Waals surface area contributed by atoms with Crippen molar-refractivity contribution >= 4 is 11.5 Å². The molecule has 2 heterocycles. The van der Waals surface area contributed by atoms with Gasteiger partial charge in [0, 0.05) is 24.0 Å².